The third-order valence-electron chi connectivity index (χ3n) is 6.00. The first-order valence-electron chi connectivity index (χ1n) is 10.3. The van der Waals surface area contributed by atoms with Crippen LogP contribution in [-0.4, -0.2) is 65.7 Å². The van der Waals surface area contributed by atoms with Crippen LogP contribution in [0.2, 0.25) is 5.02 Å². The summed E-state index contributed by atoms with van der Waals surface area (Å²) in [5.41, 5.74) is 1.30. The number of carbonyl (C=O) groups excluding carboxylic acids is 2. The van der Waals surface area contributed by atoms with Gasteiger partial charge in [0.25, 0.3) is 0 Å². The Morgan fingerprint density at radius 3 is 2.70 bits per heavy atom. The summed E-state index contributed by atoms with van der Waals surface area (Å²) < 4.78 is 0. The van der Waals surface area contributed by atoms with Gasteiger partial charge in [0, 0.05) is 49.4 Å². The minimum Gasteiger partial charge on any atom is -0.481 e. The van der Waals surface area contributed by atoms with E-state index in [1.54, 1.807) is 0 Å². The van der Waals surface area contributed by atoms with Gasteiger partial charge in [0.15, 0.2) is 0 Å². The van der Waals surface area contributed by atoms with Crippen LogP contribution in [0, 0.1) is 0 Å². The number of urea groups is 1. The largest absolute Gasteiger partial charge is 0.481 e. The van der Waals surface area contributed by atoms with E-state index in [2.05, 4.69) is 35.4 Å². The number of nitrogens with one attached hydrogen (secondary N) is 2. The number of piperazine rings is 1. The number of amides is 3. The summed E-state index contributed by atoms with van der Waals surface area (Å²) in [5.74, 6) is -1.01. The van der Waals surface area contributed by atoms with Gasteiger partial charge in [0.2, 0.25) is 5.91 Å². The number of carboxylic acid groups (broad SMARTS) is 1. The van der Waals surface area contributed by atoms with Crippen LogP contribution >= 0.6 is 11.6 Å². The highest BCUT2D eigenvalue weighted by Gasteiger charge is 2.40. The Hall–Kier alpha value is -2.48. The molecule has 3 amide bonds. The SMILES string of the molecule is CCc1cc(N2CCN(C(=O)CCC3(CC(=O)O)CNC(=O)N3)C[C@@H]2C)ccc1Cl. The summed E-state index contributed by atoms with van der Waals surface area (Å²) in [4.78, 5) is 39.7. The maximum atomic E-state index is 12.8. The topological polar surface area (TPSA) is 102 Å². The second-order valence-electron chi connectivity index (χ2n) is 8.17. The predicted molar refractivity (Wildman–Crippen MR) is 115 cm³/mol. The summed E-state index contributed by atoms with van der Waals surface area (Å²) in [6.45, 7) is 6.29. The van der Waals surface area contributed by atoms with Crippen LogP contribution in [0.4, 0.5) is 10.5 Å². The molecular weight excluding hydrogens is 408 g/mol. The van der Waals surface area contributed by atoms with Gasteiger partial charge in [0.05, 0.1) is 12.0 Å². The monoisotopic (exact) mass is 436 g/mol. The zero-order chi connectivity index (χ0) is 21.9. The zero-order valence-electron chi connectivity index (χ0n) is 17.4. The van der Waals surface area contributed by atoms with Gasteiger partial charge < -0.3 is 25.5 Å². The van der Waals surface area contributed by atoms with Crippen LogP contribution in [-0.2, 0) is 16.0 Å². The molecule has 2 fully saturated rings. The third-order valence-corrected chi connectivity index (χ3v) is 6.36. The smallest absolute Gasteiger partial charge is 0.315 e. The highest BCUT2D eigenvalue weighted by molar-refractivity contribution is 6.31. The van der Waals surface area contributed by atoms with Gasteiger partial charge in [-0.1, -0.05) is 18.5 Å². The molecule has 2 atom stereocenters. The number of halogens is 1. The normalized spacial score (nSPS) is 23.8. The first-order valence-corrected chi connectivity index (χ1v) is 10.7. The highest BCUT2D eigenvalue weighted by Crippen LogP contribution is 2.27. The maximum absolute atomic E-state index is 12.8. The van der Waals surface area contributed by atoms with E-state index in [4.69, 9.17) is 11.6 Å². The summed E-state index contributed by atoms with van der Waals surface area (Å²) in [6, 6.07) is 5.81. The van der Waals surface area contributed by atoms with E-state index in [0.717, 1.165) is 29.2 Å². The van der Waals surface area contributed by atoms with Crippen molar-refractivity contribution in [1.82, 2.24) is 15.5 Å². The molecule has 2 aliphatic rings. The number of nitrogens with zero attached hydrogens (tertiary/aromatic N) is 2. The Bertz CT molecular complexity index is 833. The van der Waals surface area contributed by atoms with Crippen molar-refractivity contribution in [2.75, 3.05) is 31.1 Å². The number of aliphatic carboxylic acids is 1. The number of hydrogen-bond acceptors (Lipinski definition) is 4. The minimum absolute atomic E-state index is 0.0160. The first kappa shape index (κ1) is 22.2. The fourth-order valence-corrected chi connectivity index (χ4v) is 4.55. The van der Waals surface area contributed by atoms with E-state index in [0.29, 0.717) is 19.5 Å². The van der Waals surface area contributed by atoms with Gasteiger partial charge in [-0.05, 0) is 43.5 Å². The summed E-state index contributed by atoms with van der Waals surface area (Å²) in [5, 5.41) is 15.2. The van der Waals surface area contributed by atoms with Crippen LogP contribution in [0.25, 0.3) is 0 Å². The summed E-state index contributed by atoms with van der Waals surface area (Å²) >= 11 is 6.24. The second-order valence-corrected chi connectivity index (χ2v) is 8.58. The zero-order valence-corrected chi connectivity index (χ0v) is 18.2. The summed E-state index contributed by atoms with van der Waals surface area (Å²) in [6.07, 6.45) is 1.15. The number of rotatable bonds is 7. The van der Waals surface area contributed by atoms with Crippen molar-refractivity contribution in [2.24, 2.45) is 0 Å². The van der Waals surface area contributed by atoms with E-state index in [1.807, 2.05) is 17.0 Å². The molecule has 1 aromatic carbocycles. The van der Waals surface area contributed by atoms with E-state index in [-0.39, 0.29) is 37.4 Å². The Labute approximate surface area is 181 Å². The molecule has 2 heterocycles. The van der Waals surface area contributed by atoms with Crippen molar-refractivity contribution in [1.29, 1.82) is 0 Å². The molecule has 0 bridgehead atoms. The van der Waals surface area contributed by atoms with Gasteiger partial charge in [-0.25, -0.2) is 4.79 Å². The third kappa shape index (κ3) is 4.98. The Balaban J connectivity index is 1.59. The average Bonchev–Trinajstić information content (AvgIpc) is 3.06. The van der Waals surface area contributed by atoms with Crippen LogP contribution in [0.3, 0.4) is 0 Å². The fourth-order valence-electron chi connectivity index (χ4n) is 4.30. The van der Waals surface area contributed by atoms with Crippen LogP contribution in [0.1, 0.15) is 38.7 Å². The molecule has 0 aliphatic carbocycles. The van der Waals surface area contributed by atoms with E-state index >= 15 is 0 Å². The average molecular weight is 437 g/mol. The highest BCUT2D eigenvalue weighted by atomic mass is 35.5. The lowest BCUT2D eigenvalue weighted by molar-refractivity contribution is -0.139. The van der Waals surface area contributed by atoms with Crippen LogP contribution in [0.15, 0.2) is 18.2 Å². The molecular formula is C21H29ClN4O4. The van der Waals surface area contributed by atoms with Crippen molar-refractivity contribution in [3.63, 3.8) is 0 Å². The van der Waals surface area contributed by atoms with E-state index in [9.17, 15) is 19.5 Å². The Morgan fingerprint density at radius 2 is 2.10 bits per heavy atom. The van der Waals surface area contributed by atoms with Crippen molar-refractivity contribution >= 4 is 35.2 Å². The first-order chi connectivity index (χ1) is 14.2. The number of aryl methyl sites for hydroxylation is 1. The van der Waals surface area contributed by atoms with Crippen molar-refractivity contribution in [3.05, 3.63) is 28.8 Å². The molecule has 0 aromatic heterocycles. The van der Waals surface area contributed by atoms with Gasteiger partial charge in [0.1, 0.15) is 0 Å². The van der Waals surface area contributed by atoms with Crippen molar-refractivity contribution < 1.29 is 19.5 Å². The molecule has 2 aliphatic heterocycles. The van der Waals surface area contributed by atoms with Gasteiger partial charge >= 0.3 is 12.0 Å². The quantitative estimate of drug-likeness (QED) is 0.608. The van der Waals surface area contributed by atoms with Crippen LogP contribution in [0.5, 0.6) is 0 Å². The van der Waals surface area contributed by atoms with E-state index < -0.39 is 11.5 Å². The van der Waals surface area contributed by atoms with Gasteiger partial charge in [-0.15, -0.1) is 0 Å². The molecule has 30 heavy (non-hydrogen) atoms. The van der Waals surface area contributed by atoms with E-state index in [1.165, 1.54) is 0 Å². The number of anilines is 1. The number of carboxylic acids is 1. The lowest BCUT2D eigenvalue weighted by atomic mass is 9.90. The Kier molecular flexibility index (Phi) is 6.75. The molecule has 0 saturated carbocycles. The van der Waals surface area contributed by atoms with Crippen molar-refractivity contribution in [2.45, 2.75) is 51.1 Å². The maximum Gasteiger partial charge on any atom is 0.315 e. The molecule has 1 unspecified atom stereocenters. The lowest BCUT2D eigenvalue weighted by Crippen LogP contribution is -2.54. The van der Waals surface area contributed by atoms with Gasteiger partial charge in [-0.3, -0.25) is 9.59 Å². The number of benzene rings is 1. The molecule has 0 radical (unpaired) electrons. The standard InChI is InChI=1S/C21H29ClN4O4/c1-3-15-10-16(4-5-17(15)22)26-9-8-25(12-14(26)2)18(27)6-7-21(11-19(28)29)13-23-20(30)24-21/h4-5,10,14H,3,6-9,11-13H2,1-2H3,(H,28,29)(H2,23,24,30)/t14-,21?/m0/s1. The molecule has 3 rings (SSSR count). The molecule has 9 heteroatoms. The number of hydrogen-bond donors (Lipinski definition) is 3. The lowest BCUT2D eigenvalue weighted by Gasteiger charge is -2.41. The summed E-state index contributed by atoms with van der Waals surface area (Å²) in [7, 11) is 0. The molecule has 0 spiro atoms. The molecule has 3 N–H and O–H groups in total. The molecule has 2 saturated heterocycles. The van der Waals surface area contributed by atoms with Crippen LogP contribution < -0.4 is 15.5 Å². The minimum atomic E-state index is -0.997. The van der Waals surface area contributed by atoms with Gasteiger partial charge in [-0.2, -0.15) is 0 Å². The molecule has 164 valence electrons. The number of carbonyl (C=O) groups is 3. The second kappa shape index (κ2) is 9.12. The molecule has 1 aromatic rings. The van der Waals surface area contributed by atoms with Crippen molar-refractivity contribution in [3.8, 4) is 0 Å². The fraction of sp³-hybridized carbons (Fsp3) is 0.571. The predicted octanol–water partition coefficient (Wildman–Crippen LogP) is 2.25. The molecule has 8 nitrogen and oxygen atoms in total. The Morgan fingerprint density at radius 1 is 1.33 bits per heavy atom.